The monoisotopic (exact) mass is 330 g/mol. The molecule has 0 bridgehead atoms. The summed E-state index contributed by atoms with van der Waals surface area (Å²) in [6.07, 6.45) is 2.01. The minimum atomic E-state index is -2.85. The number of hydrogen-bond acceptors (Lipinski definition) is 4. The Kier molecular flexibility index (Phi) is 5.52. The molecule has 4 nitrogen and oxygen atoms in total. The van der Waals surface area contributed by atoms with Gasteiger partial charge in [-0.15, -0.1) is 0 Å². The molecule has 0 saturated carbocycles. The lowest BCUT2D eigenvalue weighted by Crippen LogP contribution is -2.52. The average Bonchev–Trinajstić information content (AvgIpc) is 2.39. The van der Waals surface area contributed by atoms with Crippen molar-refractivity contribution in [1.82, 2.24) is 4.90 Å². The molecule has 1 saturated heterocycles. The van der Waals surface area contributed by atoms with Crippen LogP contribution in [0.1, 0.15) is 13.3 Å². The van der Waals surface area contributed by atoms with Crippen LogP contribution in [0, 0.1) is 0 Å². The Bertz CT molecular complexity index is 577. The topological polar surface area (TPSA) is 40.6 Å². The quantitative estimate of drug-likeness (QED) is 0.830. The predicted molar refractivity (Wildman–Crippen MR) is 89.0 cm³/mol. The van der Waals surface area contributed by atoms with Gasteiger partial charge in [0.05, 0.1) is 5.75 Å². The zero-order valence-electron chi connectivity index (χ0n) is 12.6. The molecule has 1 atom stereocenters. The van der Waals surface area contributed by atoms with E-state index in [-0.39, 0.29) is 5.75 Å². The third-order valence-electron chi connectivity index (χ3n) is 3.90. The first-order valence-electron chi connectivity index (χ1n) is 7.27. The lowest BCUT2D eigenvalue weighted by atomic mass is 10.1. The van der Waals surface area contributed by atoms with Crippen LogP contribution in [0.3, 0.4) is 0 Å². The maximum absolute atomic E-state index is 11.2. The number of rotatable bonds is 5. The van der Waals surface area contributed by atoms with E-state index in [0.717, 1.165) is 36.9 Å². The normalized spacial score (nSPS) is 20.7. The van der Waals surface area contributed by atoms with E-state index in [1.165, 1.54) is 6.26 Å². The third-order valence-corrected chi connectivity index (χ3v) is 5.16. The Labute approximate surface area is 132 Å². The molecule has 0 spiro atoms. The number of anilines is 1. The summed E-state index contributed by atoms with van der Waals surface area (Å²) >= 11 is 6.05. The van der Waals surface area contributed by atoms with Gasteiger partial charge in [0.2, 0.25) is 0 Å². The highest BCUT2D eigenvalue weighted by Gasteiger charge is 2.23. The van der Waals surface area contributed by atoms with E-state index in [2.05, 4.69) is 22.8 Å². The Balaban J connectivity index is 1.87. The molecule has 0 aromatic heterocycles. The molecule has 1 unspecified atom stereocenters. The molecule has 6 heteroatoms. The zero-order valence-corrected chi connectivity index (χ0v) is 14.2. The molecular weight excluding hydrogens is 308 g/mol. The van der Waals surface area contributed by atoms with Gasteiger partial charge in [-0.3, -0.25) is 4.90 Å². The summed E-state index contributed by atoms with van der Waals surface area (Å²) in [6.45, 7) is 5.88. The van der Waals surface area contributed by atoms with Gasteiger partial charge >= 0.3 is 0 Å². The van der Waals surface area contributed by atoms with Crippen LogP contribution < -0.4 is 4.90 Å². The van der Waals surface area contributed by atoms with Gasteiger partial charge < -0.3 is 4.90 Å². The van der Waals surface area contributed by atoms with E-state index in [9.17, 15) is 8.42 Å². The van der Waals surface area contributed by atoms with Crippen LogP contribution in [0.4, 0.5) is 5.69 Å². The molecular formula is C15H23ClN2O2S. The van der Waals surface area contributed by atoms with Gasteiger partial charge in [-0.05, 0) is 38.1 Å². The van der Waals surface area contributed by atoms with Gasteiger partial charge in [0.25, 0.3) is 0 Å². The van der Waals surface area contributed by atoms with Gasteiger partial charge in [0.15, 0.2) is 0 Å². The van der Waals surface area contributed by atoms with Crippen molar-refractivity contribution < 1.29 is 8.42 Å². The van der Waals surface area contributed by atoms with Crippen molar-refractivity contribution in [1.29, 1.82) is 0 Å². The molecule has 0 amide bonds. The number of nitrogens with zero attached hydrogens (tertiary/aromatic N) is 2. The van der Waals surface area contributed by atoms with E-state index in [4.69, 9.17) is 11.6 Å². The standard InChI is InChI=1S/C15H23ClN2O2S/c1-13-12-18(15-6-3-5-14(16)11-15)9-8-17(13)7-4-10-21(2,19)20/h3,5-6,11,13H,4,7-10,12H2,1-2H3. The van der Waals surface area contributed by atoms with Gasteiger partial charge in [0, 0.05) is 42.6 Å². The van der Waals surface area contributed by atoms with Crippen molar-refractivity contribution in [2.24, 2.45) is 0 Å². The summed E-state index contributed by atoms with van der Waals surface area (Å²) in [5, 5.41) is 0.760. The summed E-state index contributed by atoms with van der Waals surface area (Å²) in [5.41, 5.74) is 1.16. The molecule has 118 valence electrons. The molecule has 1 aromatic rings. The second-order valence-corrected chi connectivity index (χ2v) is 8.49. The summed E-state index contributed by atoms with van der Waals surface area (Å²) < 4.78 is 22.4. The van der Waals surface area contributed by atoms with Crippen LogP contribution in [0.15, 0.2) is 24.3 Å². The maximum atomic E-state index is 11.2. The largest absolute Gasteiger partial charge is 0.369 e. The summed E-state index contributed by atoms with van der Waals surface area (Å²) in [5.74, 6) is 0.272. The SMILES string of the molecule is CC1CN(c2cccc(Cl)c2)CCN1CCCS(C)(=O)=O. The molecule has 21 heavy (non-hydrogen) atoms. The Morgan fingerprint density at radius 1 is 1.33 bits per heavy atom. The highest BCUT2D eigenvalue weighted by molar-refractivity contribution is 7.90. The molecule has 0 radical (unpaired) electrons. The van der Waals surface area contributed by atoms with Crippen molar-refractivity contribution >= 4 is 27.1 Å². The number of hydrogen-bond donors (Lipinski definition) is 0. The Morgan fingerprint density at radius 2 is 2.10 bits per heavy atom. The van der Waals surface area contributed by atoms with Crippen molar-refractivity contribution in [3.8, 4) is 0 Å². The van der Waals surface area contributed by atoms with Crippen LogP contribution in [0.25, 0.3) is 0 Å². The number of halogens is 1. The highest BCUT2D eigenvalue weighted by atomic mass is 35.5. The average molecular weight is 331 g/mol. The molecule has 1 aliphatic rings. The smallest absolute Gasteiger partial charge is 0.147 e. The minimum absolute atomic E-state index is 0.272. The maximum Gasteiger partial charge on any atom is 0.147 e. The minimum Gasteiger partial charge on any atom is -0.369 e. The lowest BCUT2D eigenvalue weighted by Gasteiger charge is -2.41. The summed E-state index contributed by atoms with van der Waals surface area (Å²) in [6, 6.07) is 8.35. The molecule has 2 rings (SSSR count). The second-order valence-electron chi connectivity index (χ2n) is 5.79. The van der Waals surface area contributed by atoms with E-state index < -0.39 is 9.84 Å². The fourth-order valence-electron chi connectivity index (χ4n) is 2.76. The van der Waals surface area contributed by atoms with Crippen LogP contribution in [0.2, 0.25) is 5.02 Å². The van der Waals surface area contributed by atoms with E-state index in [1.54, 1.807) is 0 Å². The molecule has 0 aliphatic carbocycles. The van der Waals surface area contributed by atoms with Crippen molar-refractivity contribution in [2.75, 3.05) is 43.1 Å². The van der Waals surface area contributed by atoms with E-state index >= 15 is 0 Å². The zero-order chi connectivity index (χ0) is 15.5. The van der Waals surface area contributed by atoms with Gasteiger partial charge in [-0.2, -0.15) is 0 Å². The first-order valence-corrected chi connectivity index (χ1v) is 9.71. The lowest BCUT2D eigenvalue weighted by molar-refractivity contribution is 0.190. The first-order chi connectivity index (χ1) is 9.85. The molecule has 1 fully saturated rings. The highest BCUT2D eigenvalue weighted by Crippen LogP contribution is 2.22. The molecule has 1 aromatic carbocycles. The fraction of sp³-hybridized carbons (Fsp3) is 0.600. The fourth-order valence-corrected chi connectivity index (χ4v) is 3.60. The van der Waals surface area contributed by atoms with Gasteiger partial charge in [-0.1, -0.05) is 17.7 Å². The van der Waals surface area contributed by atoms with Crippen molar-refractivity contribution in [3.63, 3.8) is 0 Å². The van der Waals surface area contributed by atoms with E-state index in [0.29, 0.717) is 12.5 Å². The Morgan fingerprint density at radius 3 is 2.71 bits per heavy atom. The second kappa shape index (κ2) is 6.99. The van der Waals surface area contributed by atoms with E-state index in [1.807, 2.05) is 18.2 Å². The molecule has 1 heterocycles. The summed E-state index contributed by atoms with van der Waals surface area (Å²) in [4.78, 5) is 4.70. The van der Waals surface area contributed by atoms with Crippen LogP contribution in [-0.2, 0) is 9.84 Å². The summed E-state index contributed by atoms with van der Waals surface area (Å²) in [7, 11) is -2.85. The molecule has 1 aliphatic heterocycles. The third kappa shape index (κ3) is 5.16. The number of piperazine rings is 1. The predicted octanol–water partition coefficient (Wildman–Crippen LogP) is 2.29. The Hall–Kier alpha value is -0.780. The molecule has 0 N–H and O–H groups in total. The first kappa shape index (κ1) is 16.6. The van der Waals surface area contributed by atoms with Crippen LogP contribution >= 0.6 is 11.6 Å². The van der Waals surface area contributed by atoms with Gasteiger partial charge in [0.1, 0.15) is 9.84 Å². The van der Waals surface area contributed by atoms with Crippen LogP contribution in [0.5, 0.6) is 0 Å². The van der Waals surface area contributed by atoms with Crippen molar-refractivity contribution in [2.45, 2.75) is 19.4 Å². The number of benzene rings is 1. The van der Waals surface area contributed by atoms with Gasteiger partial charge in [-0.25, -0.2) is 8.42 Å². The number of sulfone groups is 1. The van der Waals surface area contributed by atoms with Crippen molar-refractivity contribution in [3.05, 3.63) is 29.3 Å². The van der Waals surface area contributed by atoms with Crippen LogP contribution in [-0.4, -0.2) is 57.5 Å².